The summed E-state index contributed by atoms with van der Waals surface area (Å²) in [6.45, 7) is 3.92. The molecule has 35 heavy (non-hydrogen) atoms. The smallest absolute Gasteiger partial charge is 0.343 e. The van der Waals surface area contributed by atoms with E-state index in [2.05, 4.69) is 4.57 Å². The van der Waals surface area contributed by atoms with E-state index in [1.165, 1.54) is 0 Å². The molecular formula is C29H22ClNO4. The van der Waals surface area contributed by atoms with Crippen molar-refractivity contribution in [2.24, 2.45) is 0 Å². The predicted octanol–water partition coefficient (Wildman–Crippen LogP) is 7.14. The van der Waals surface area contributed by atoms with Crippen LogP contribution in [-0.4, -0.2) is 23.1 Å². The fourth-order valence-corrected chi connectivity index (χ4v) is 4.55. The van der Waals surface area contributed by atoms with E-state index in [9.17, 15) is 9.59 Å². The number of halogens is 1. The van der Waals surface area contributed by atoms with Crippen molar-refractivity contribution >= 4 is 45.2 Å². The van der Waals surface area contributed by atoms with Crippen LogP contribution in [0.2, 0.25) is 5.02 Å². The number of nitrogens with zero attached hydrogens (tertiary/aromatic N) is 1. The first-order valence-corrected chi connectivity index (χ1v) is 11.6. The predicted molar refractivity (Wildman–Crippen MR) is 138 cm³/mol. The first kappa shape index (κ1) is 22.7. The average molecular weight is 484 g/mol. The van der Waals surface area contributed by atoms with Crippen molar-refractivity contribution < 1.29 is 19.1 Å². The number of hydrogen-bond acceptors (Lipinski definition) is 4. The second-order valence-electron chi connectivity index (χ2n) is 8.06. The van der Waals surface area contributed by atoms with E-state index in [4.69, 9.17) is 21.1 Å². The summed E-state index contributed by atoms with van der Waals surface area (Å²) in [5, 5.41) is 2.80. The largest absolute Gasteiger partial charge is 0.462 e. The van der Waals surface area contributed by atoms with Gasteiger partial charge in [0.2, 0.25) is 0 Å². The van der Waals surface area contributed by atoms with Crippen LogP contribution in [0.5, 0.6) is 5.75 Å². The molecule has 1 aromatic heterocycles. The fraction of sp³-hybridized carbons (Fsp3) is 0.103. The Labute approximate surface area is 207 Å². The first-order valence-electron chi connectivity index (χ1n) is 11.3. The van der Waals surface area contributed by atoms with Gasteiger partial charge in [-0.1, -0.05) is 54.1 Å². The van der Waals surface area contributed by atoms with E-state index in [1.54, 1.807) is 37.3 Å². The van der Waals surface area contributed by atoms with Crippen molar-refractivity contribution in [2.45, 2.75) is 13.8 Å². The molecule has 0 aliphatic carbocycles. The van der Waals surface area contributed by atoms with Crippen LogP contribution in [0.3, 0.4) is 0 Å². The molecule has 0 spiro atoms. The summed E-state index contributed by atoms with van der Waals surface area (Å²) in [6.07, 6.45) is 0. The molecule has 5 aromatic rings. The number of benzene rings is 4. The summed E-state index contributed by atoms with van der Waals surface area (Å²) < 4.78 is 13.3. The second-order valence-corrected chi connectivity index (χ2v) is 8.50. The molecule has 4 aromatic carbocycles. The van der Waals surface area contributed by atoms with Crippen molar-refractivity contribution in [3.8, 4) is 11.4 Å². The number of carbonyl (C=O) groups is 2. The number of carbonyl (C=O) groups excluding carboxylic acids is 2. The topological polar surface area (TPSA) is 57.5 Å². The lowest BCUT2D eigenvalue weighted by Crippen LogP contribution is -2.09. The molecule has 0 unspecified atom stereocenters. The Morgan fingerprint density at radius 2 is 1.49 bits per heavy atom. The van der Waals surface area contributed by atoms with Gasteiger partial charge in [-0.15, -0.1) is 0 Å². The lowest BCUT2D eigenvalue weighted by molar-refractivity contribution is 0.0527. The molecule has 0 aliphatic heterocycles. The van der Waals surface area contributed by atoms with Crippen LogP contribution in [0.1, 0.15) is 33.3 Å². The van der Waals surface area contributed by atoms with E-state index in [-0.39, 0.29) is 6.61 Å². The molecular weight excluding hydrogens is 462 g/mol. The summed E-state index contributed by atoms with van der Waals surface area (Å²) in [5.74, 6) is -0.568. The van der Waals surface area contributed by atoms with E-state index in [0.29, 0.717) is 27.3 Å². The zero-order chi connectivity index (χ0) is 24.5. The van der Waals surface area contributed by atoms with Gasteiger partial charge in [-0.3, -0.25) is 0 Å². The van der Waals surface area contributed by atoms with Crippen molar-refractivity contribution in [1.82, 2.24) is 4.57 Å². The Bertz CT molecular complexity index is 1570. The molecule has 0 atom stereocenters. The van der Waals surface area contributed by atoms with Gasteiger partial charge >= 0.3 is 11.9 Å². The highest BCUT2D eigenvalue weighted by Gasteiger charge is 2.25. The molecule has 0 aliphatic rings. The Morgan fingerprint density at radius 3 is 2.17 bits per heavy atom. The molecule has 0 N–H and O–H groups in total. The quantitative estimate of drug-likeness (QED) is 0.197. The molecule has 6 heteroatoms. The average Bonchev–Trinajstić information content (AvgIpc) is 3.17. The van der Waals surface area contributed by atoms with Gasteiger partial charge in [-0.25, -0.2) is 9.59 Å². The Balaban J connectivity index is 1.79. The zero-order valence-electron chi connectivity index (χ0n) is 19.2. The van der Waals surface area contributed by atoms with Crippen LogP contribution in [0, 0.1) is 6.92 Å². The van der Waals surface area contributed by atoms with Gasteiger partial charge in [0.25, 0.3) is 0 Å². The maximum absolute atomic E-state index is 13.1. The molecule has 5 nitrogen and oxygen atoms in total. The zero-order valence-corrected chi connectivity index (χ0v) is 20.0. The molecule has 0 saturated carbocycles. The van der Waals surface area contributed by atoms with E-state index in [0.717, 1.165) is 27.7 Å². The van der Waals surface area contributed by atoms with Crippen molar-refractivity contribution in [2.75, 3.05) is 6.61 Å². The third-order valence-corrected chi connectivity index (χ3v) is 6.20. The molecule has 174 valence electrons. The fourth-order valence-electron chi connectivity index (χ4n) is 4.42. The summed E-state index contributed by atoms with van der Waals surface area (Å²) >= 11 is 5.96. The standard InChI is InChI=1S/C29H22ClNO4/c1-3-34-29(33)26-18(2)31(21-9-5-4-6-10-21)27-23-12-8-7-11-22(23)25(17-24(26)27)35-28(32)19-13-15-20(30)16-14-19/h4-17H,3H2,1-2H3. The summed E-state index contributed by atoms with van der Waals surface area (Å²) in [5.41, 5.74) is 3.33. The molecule has 0 fully saturated rings. The lowest BCUT2D eigenvalue weighted by atomic mass is 10.0. The number of para-hydroxylation sites is 1. The minimum absolute atomic E-state index is 0.252. The number of fused-ring (bicyclic) bond motifs is 3. The first-order chi connectivity index (χ1) is 17.0. The maximum atomic E-state index is 13.1. The molecule has 0 radical (unpaired) electrons. The van der Waals surface area contributed by atoms with Gasteiger partial charge in [0.1, 0.15) is 5.75 Å². The van der Waals surface area contributed by atoms with Crippen molar-refractivity contribution in [3.05, 3.63) is 107 Å². The van der Waals surface area contributed by atoms with Gasteiger partial charge in [-0.2, -0.15) is 0 Å². The van der Waals surface area contributed by atoms with Crippen LogP contribution in [0.25, 0.3) is 27.4 Å². The molecule has 0 bridgehead atoms. The molecule has 0 amide bonds. The van der Waals surface area contributed by atoms with Crippen molar-refractivity contribution in [3.63, 3.8) is 0 Å². The number of esters is 2. The van der Waals surface area contributed by atoms with Crippen LogP contribution < -0.4 is 4.74 Å². The normalized spacial score (nSPS) is 11.1. The second kappa shape index (κ2) is 9.28. The van der Waals surface area contributed by atoms with Crippen LogP contribution in [0.4, 0.5) is 0 Å². The van der Waals surface area contributed by atoms with E-state index < -0.39 is 11.9 Å². The minimum atomic E-state index is -0.511. The highest BCUT2D eigenvalue weighted by atomic mass is 35.5. The van der Waals surface area contributed by atoms with E-state index in [1.807, 2.05) is 61.5 Å². The SMILES string of the molecule is CCOC(=O)c1c(C)n(-c2ccccc2)c2c1cc(OC(=O)c1ccc(Cl)cc1)c1ccccc12. The Kier molecular flexibility index (Phi) is 6.01. The van der Waals surface area contributed by atoms with Gasteiger partial charge in [0, 0.05) is 32.6 Å². The third kappa shape index (κ3) is 4.04. The van der Waals surface area contributed by atoms with Gasteiger partial charge in [-0.05, 0) is 56.3 Å². The van der Waals surface area contributed by atoms with Gasteiger partial charge in [0.05, 0.1) is 23.3 Å². The van der Waals surface area contributed by atoms with E-state index >= 15 is 0 Å². The van der Waals surface area contributed by atoms with Gasteiger partial charge in [0.15, 0.2) is 0 Å². The van der Waals surface area contributed by atoms with Gasteiger partial charge < -0.3 is 14.0 Å². The molecule has 1 heterocycles. The minimum Gasteiger partial charge on any atom is -0.462 e. The highest BCUT2D eigenvalue weighted by Crippen LogP contribution is 2.40. The highest BCUT2D eigenvalue weighted by molar-refractivity contribution is 6.30. The van der Waals surface area contributed by atoms with Crippen LogP contribution in [-0.2, 0) is 4.74 Å². The summed E-state index contributed by atoms with van der Waals surface area (Å²) in [7, 11) is 0. The van der Waals surface area contributed by atoms with Crippen LogP contribution >= 0.6 is 11.6 Å². The van der Waals surface area contributed by atoms with Crippen LogP contribution in [0.15, 0.2) is 84.9 Å². The Hall–Kier alpha value is -4.09. The molecule has 5 rings (SSSR count). The summed E-state index contributed by atoms with van der Waals surface area (Å²) in [4.78, 5) is 26.0. The van der Waals surface area contributed by atoms with Crippen molar-refractivity contribution in [1.29, 1.82) is 0 Å². The maximum Gasteiger partial charge on any atom is 0.343 e. The summed E-state index contributed by atoms with van der Waals surface area (Å²) in [6, 6.07) is 25.8. The third-order valence-electron chi connectivity index (χ3n) is 5.94. The Morgan fingerprint density at radius 1 is 0.829 bits per heavy atom. The number of hydrogen-bond donors (Lipinski definition) is 0. The lowest BCUT2D eigenvalue weighted by Gasteiger charge is -2.13. The number of rotatable bonds is 5. The number of aromatic nitrogens is 1. The monoisotopic (exact) mass is 483 g/mol. The molecule has 0 saturated heterocycles. The number of ether oxygens (including phenoxy) is 2.